The molecule has 0 aromatic heterocycles. The summed E-state index contributed by atoms with van der Waals surface area (Å²) in [5.74, 6) is 0.993. The summed E-state index contributed by atoms with van der Waals surface area (Å²) < 4.78 is 0. The average Bonchev–Trinajstić information content (AvgIpc) is 3.00. The Hall–Kier alpha value is -0.510. The molecule has 2 saturated carbocycles. The molecule has 0 spiro atoms. The molecular weight excluding hydrogens is 158 g/mol. The first-order valence-corrected chi connectivity index (χ1v) is 5.76. The van der Waals surface area contributed by atoms with E-state index in [9.17, 15) is 5.26 Å². The highest BCUT2D eigenvalue weighted by Gasteiger charge is 2.34. The molecule has 1 heteroatoms. The summed E-state index contributed by atoms with van der Waals surface area (Å²) in [5.41, 5.74) is 0.0981. The van der Waals surface area contributed by atoms with Crippen molar-refractivity contribution in [2.75, 3.05) is 0 Å². The van der Waals surface area contributed by atoms with E-state index in [-0.39, 0.29) is 5.41 Å². The Morgan fingerprint density at radius 2 is 1.85 bits per heavy atom. The summed E-state index contributed by atoms with van der Waals surface area (Å²) in [6.45, 7) is 0. The van der Waals surface area contributed by atoms with Gasteiger partial charge >= 0.3 is 0 Å². The molecule has 0 aliphatic heterocycles. The Kier molecular flexibility index (Phi) is 2.58. The third-order valence-corrected chi connectivity index (χ3v) is 3.78. The third kappa shape index (κ3) is 2.24. The fraction of sp³-hybridized carbons (Fsp3) is 0.917. The summed E-state index contributed by atoms with van der Waals surface area (Å²) in [4.78, 5) is 0. The van der Waals surface area contributed by atoms with Gasteiger partial charge in [-0.2, -0.15) is 5.26 Å². The van der Waals surface area contributed by atoms with Crippen molar-refractivity contribution in [2.45, 2.75) is 57.8 Å². The minimum atomic E-state index is 0.0981. The summed E-state index contributed by atoms with van der Waals surface area (Å²) in [7, 11) is 0. The van der Waals surface area contributed by atoms with Gasteiger partial charge in [0.15, 0.2) is 0 Å². The second-order valence-electron chi connectivity index (χ2n) is 4.93. The van der Waals surface area contributed by atoms with Crippen molar-refractivity contribution >= 4 is 0 Å². The van der Waals surface area contributed by atoms with Gasteiger partial charge in [-0.05, 0) is 31.6 Å². The predicted molar refractivity (Wildman–Crippen MR) is 53.1 cm³/mol. The lowest BCUT2D eigenvalue weighted by atomic mass is 9.72. The molecule has 0 aromatic rings. The fourth-order valence-electron chi connectivity index (χ4n) is 2.53. The van der Waals surface area contributed by atoms with Crippen LogP contribution in [0.15, 0.2) is 0 Å². The van der Waals surface area contributed by atoms with Gasteiger partial charge in [0.05, 0.1) is 11.5 Å². The van der Waals surface area contributed by atoms with Crippen LogP contribution in [0.4, 0.5) is 0 Å². The van der Waals surface area contributed by atoms with Crippen LogP contribution >= 0.6 is 0 Å². The monoisotopic (exact) mass is 177 g/mol. The molecule has 0 atom stereocenters. The van der Waals surface area contributed by atoms with E-state index in [1.807, 2.05) is 0 Å². The molecule has 2 aliphatic rings. The molecular formula is C12H19N. The van der Waals surface area contributed by atoms with Crippen LogP contribution in [0, 0.1) is 22.7 Å². The highest BCUT2D eigenvalue weighted by atomic mass is 14.4. The smallest absolute Gasteiger partial charge is 0.0689 e. The van der Waals surface area contributed by atoms with Gasteiger partial charge < -0.3 is 0 Å². The minimum absolute atomic E-state index is 0.0981. The highest BCUT2D eigenvalue weighted by Crippen LogP contribution is 2.43. The van der Waals surface area contributed by atoms with E-state index >= 15 is 0 Å². The van der Waals surface area contributed by atoms with E-state index in [1.165, 1.54) is 57.8 Å². The molecule has 0 bridgehead atoms. The first-order chi connectivity index (χ1) is 6.35. The van der Waals surface area contributed by atoms with Gasteiger partial charge in [0.25, 0.3) is 0 Å². The van der Waals surface area contributed by atoms with Crippen LogP contribution in [0.2, 0.25) is 0 Å². The highest BCUT2D eigenvalue weighted by molar-refractivity contribution is 5.01. The number of hydrogen-bond donors (Lipinski definition) is 0. The second-order valence-corrected chi connectivity index (χ2v) is 4.93. The molecule has 72 valence electrons. The molecule has 2 fully saturated rings. The molecule has 1 nitrogen and oxygen atoms in total. The SMILES string of the molecule is N#CC1(CCC2CC2)CCCCC1. The van der Waals surface area contributed by atoms with Gasteiger partial charge in [0, 0.05) is 0 Å². The zero-order chi connectivity index (χ0) is 9.15. The zero-order valence-corrected chi connectivity index (χ0v) is 8.39. The van der Waals surface area contributed by atoms with Crippen LogP contribution in [-0.4, -0.2) is 0 Å². The number of nitrogens with zero attached hydrogens (tertiary/aromatic N) is 1. The molecule has 0 unspecified atom stereocenters. The first-order valence-electron chi connectivity index (χ1n) is 5.76. The van der Waals surface area contributed by atoms with Crippen molar-refractivity contribution in [2.24, 2.45) is 11.3 Å². The summed E-state index contributed by atoms with van der Waals surface area (Å²) in [6, 6.07) is 2.60. The van der Waals surface area contributed by atoms with Crippen LogP contribution in [0.1, 0.15) is 57.8 Å². The lowest BCUT2D eigenvalue weighted by molar-refractivity contribution is 0.239. The van der Waals surface area contributed by atoms with Crippen LogP contribution in [-0.2, 0) is 0 Å². The molecule has 0 saturated heterocycles. The topological polar surface area (TPSA) is 23.8 Å². The summed E-state index contributed by atoms with van der Waals surface area (Å²) in [6.07, 6.45) is 11.7. The normalized spacial score (nSPS) is 26.7. The number of nitriles is 1. The summed E-state index contributed by atoms with van der Waals surface area (Å²) in [5, 5.41) is 9.22. The van der Waals surface area contributed by atoms with Crippen LogP contribution in [0.5, 0.6) is 0 Å². The van der Waals surface area contributed by atoms with Crippen molar-refractivity contribution in [3.05, 3.63) is 0 Å². The second kappa shape index (κ2) is 3.70. The van der Waals surface area contributed by atoms with E-state index in [0.29, 0.717) is 0 Å². The van der Waals surface area contributed by atoms with Crippen LogP contribution in [0.25, 0.3) is 0 Å². The molecule has 0 aromatic carbocycles. The van der Waals surface area contributed by atoms with E-state index in [1.54, 1.807) is 0 Å². The summed E-state index contributed by atoms with van der Waals surface area (Å²) >= 11 is 0. The van der Waals surface area contributed by atoms with Gasteiger partial charge in [0.1, 0.15) is 0 Å². The van der Waals surface area contributed by atoms with Gasteiger partial charge in [-0.15, -0.1) is 0 Å². The van der Waals surface area contributed by atoms with Crippen molar-refractivity contribution in [3.8, 4) is 6.07 Å². The predicted octanol–water partition coefficient (Wildman–Crippen LogP) is 3.65. The minimum Gasteiger partial charge on any atom is -0.198 e. The van der Waals surface area contributed by atoms with Crippen molar-refractivity contribution in [1.82, 2.24) is 0 Å². The van der Waals surface area contributed by atoms with Gasteiger partial charge in [0.2, 0.25) is 0 Å². The first kappa shape index (κ1) is 9.06. The maximum atomic E-state index is 9.22. The van der Waals surface area contributed by atoms with E-state index in [2.05, 4.69) is 6.07 Å². The van der Waals surface area contributed by atoms with Crippen molar-refractivity contribution < 1.29 is 0 Å². The standard InChI is InChI=1S/C12H19N/c13-10-12(7-2-1-3-8-12)9-6-11-4-5-11/h11H,1-9H2. The average molecular weight is 177 g/mol. The number of hydrogen-bond acceptors (Lipinski definition) is 1. The Morgan fingerprint density at radius 1 is 1.15 bits per heavy atom. The number of rotatable bonds is 3. The molecule has 0 N–H and O–H groups in total. The fourth-order valence-corrected chi connectivity index (χ4v) is 2.53. The quantitative estimate of drug-likeness (QED) is 0.645. The van der Waals surface area contributed by atoms with E-state index < -0.39 is 0 Å². The van der Waals surface area contributed by atoms with Gasteiger partial charge in [-0.1, -0.05) is 32.1 Å². The van der Waals surface area contributed by atoms with Crippen molar-refractivity contribution in [3.63, 3.8) is 0 Å². The Bertz CT molecular complexity index is 204. The van der Waals surface area contributed by atoms with Crippen molar-refractivity contribution in [1.29, 1.82) is 5.26 Å². The van der Waals surface area contributed by atoms with Crippen LogP contribution < -0.4 is 0 Å². The maximum Gasteiger partial charge on any atom is 0.0689 e. The Balaban J connectivity index is 1.85. The molecule has 0 amide bonds. The lowest BCUT2D eigenvalue weighted by Crippen LogP contribution is -2.22. The molecule has 2 aliphatic carbocycles. The third-order valence-electron chi connectivity index (χ3n) is 3.78. The molecule has 13 heavy (non-hydrogen) atoms. The van der Waals surface area contributed by atoms with Gasteiger partial charge in [-0.25, -0.2) is 0 Å². The molecule has 0 radical (unpaired) electrons. The van der Waals surface area contributed by atoms with Crippen LogP contribution in [0.3, 0.4) is 0 Å². The van der Waals surface area contributed by atoms with E-state index in [0.717, 1.165) is 5.92 Å². The lowest BCUT2D eigenvalue weighted by Gasteiger charge is -2.30. The molecule has 2 rings (SSSR count). The largest absolute Gasteiger partial charge is 0.198 e. The Morgan fingerprint density at radius 3 is 2.38 bits per heavy atom. The maximum absolute atomic E-state index is 9.22. The molecule has 0 heterocycles. The van der Waals surface area contributed by atoms with Gasteiger partial charge in [-0.3, -0.25) is 0 Å². The Labute approximate surface area is 81.1 Å². The zero-order valence-electron chi connectivity index (χ0n) is 8.39. The van der Waals surface area contributed by atoms with E-state index in [4.69, 9.17) is 0 Å².